The summed E-state index contributed by atoms with van der Waals surface area (Å²) < 4.78 is 5.34. The molecule has 0 saturated carbocycles. The van der Waals surface area contributed by atoms with E-state index in [1.54, 1.807) is 6.92 Å². The molecule has 0 amide bonds. The summed E-state index contributed by atoms with van der Waals surface area (Å²) in [5.74, 6) is 0.834. The van der Waals surface area contributed by atoms with Crippen LogP contribution in [-0.4, -0.2) is 29.5 Å². The maximum atomic E-state index is 9.10. The quantitative estimate of drug-likeness (QED) is 0.699. The summed E-state index contributed by atoms with van der Waals surface area (Å²) in [5.41, 5.74) is 0.886. The van der Waals surface area contributed by atoms with Gasteiger partial charge < -0.3 is 20.5 Å². The Hall–Kier alpha value is -1.33. The summed E-state index contributed by atoms with van der Waals surface area (Å²) >= 11 is 5.07. The van der Waals surface area contributed by atoms with E-state index < -0.39 is 6.10 Å². The van der Waals surface area contributed by atoms with E-state index in [4.69, 9.17) is 22.1 Å². The third-order valence-electron chi connectivity index (χ3n) is 1.98. The van der Waals surface area contributed by atoms with E-state index in [1.165, 1.54) is 0 Å². The number of hydrogen-bond acceptors (Lipinski definition) is 3. The predicted octanol–water partition coefficient (Wildman–Crippen LogP) is 1.75. The van der Waals surface area contributed by atoms with Gasteiger partial charge in [0.15, 0.2) is 5.11 Å². The van der Waals surface area contributed by atoms with Crippen molar-refractivity contribution < 1.29 is 9.84 Å². The Bertz CT molecular complexity index is 352. The second kappa shape index (κ2) is 7.09. The lowest BCUT2D eigenvalue weighted by Crippen LogP contribution is -2.33. The third kappa shape index (κ3) is 5.51. The molecule has 17 heavy (non-hydrogen) atoms. The molecule has 0 spiro atoms. The van der Waals surface area contributed by atoms with E-state index in [-0.39, 0.29) is 0 Å². The van der Waals surface area contributed by atoms with Crippen molar-refractivity contribution in [1.82, 2.24) is 5.32 Å². The number of nitrogens with one attached hydrogen (secondary N) is 2. The van der Waals surface area contributed by atoms with Crippen molar-refractivity contribution in [3.63, 3.8) is 0 Å². The van der Waals surface area contributed by atoms with Crippen molar-refractivity contribution in [2.45, 2.75) is 20.0 Å². The van der Waals surface area contributed by atoms with Crippen molar-refractivity contribution in [2.75, 3.05) is 18.5 Å². The molecule has 1 atom stereocenters. The number of anilines is 1. The molecule has 3 N–H and O–H groups in total. The van der Waals surface area contributed by atoms with Crippen LogP contribution in [0.5, 0.6) is 5.75 Å². The molecule has 0 aliphatic rings. The lowest BCUT2D eigenvalue weighted by Gasteiger charge is -2.12. The summed E-state index contributed by atoms with van der Waals surface area (Å²) in [6.07, 6.45) is -0.421. The van der Waals surface area contributed by atoms with Crippen LogP contribution in [0, 0.1) is 0 Å². The standard InChI is InChI=1S/C12H18N2O2S/c1-3-16-11-6-4-10(5-7-11)14-12(17)13-8-9(2)15/h4-7,9,15H,3,8H2,1-2H3,(H2,13,14,17). The van der Waals surface area contributed by atoms with Gasteiger partial charge in [-0.1, -0.05) is 0 Å². The van der Waals surface area contributed by atoms with Gasteiger partial charge in [0, 0.05) is 12.2 Å². The van der Waals surface area contributed by atoms with Gasteiger partial charge in [-0.15, -0.1) is 0 Å². The van der Waals surface area contributed by atoms with Gasteiger partial charge in [0.05, 0.1) is 12.7 Å². The Morgan fingerprint density at radius 2 is 2.06 bits per heavy atom. The average Bonchev–Trinajstić information content (AvgIpc) is 2.29. The zero-order chi connectivity index (χ0) is 12.7. The summed E-state index contributed by atoms with van der Waals surface area (Å²) in [6.45, 7) is 4.73. The maximum Gasteiger partial charge on any atom is 0.170 e. The first-order valence-corrected chi connectivity index (χ1v) is 5.98. The van der Waals surface area contributed by atoms with Crippen molar-refractivity contribution in [1.29, 1.82) is 0 Å². The minimum absolute atomic E-state index is 0.421. The first-order valence-electron chi connectivity index (χ1n) is 5.57. The largest absolute Gasteiger partial charge is 0.494 e. The van der Waals surface area contributed by atoms with Gasteiger partial charge in [-0.3, -0.25) is 0 Å². The maximum absolute atomic E-state index is 9.10. The Balaban J connectivity index is 2.43. The molecular formula is C12H18N2O2S. The first kappa shape index (κ1) is 13.7. The fourth-order valence-corrected chi connectivity index (χ4v) is 1.42. The molecule has 0 saturated heterocycles. The number of aliphatic hydroxyl groups excluding tert-OH is 1. The topological polar surface area (TPSA) is 53.5 Å². The van der Waals surface area contributed by atoms with Crippen molar-refractivity contribution in [3.8, 4) is 5.75 Å². The van der Waals surface area contributed by atoms with Crippen LogP contribution in [-0.2, 0) is 0 Å². The Morgan fingerprint density at radius 1 is 1.41 bits per heavy atom. The smallest absolute Gasteiger partial charge is 0.170 e. The second-order valence-corrected chi connectivity index (χ2v) is 4.05. The van der Waals surface area contributed by atoms with Crippen LogP contribution in [0.3, 0.4) is 0 Å². The first-order chi connectivity index (χ1) is 8.11. The predicted molar refractivity (Wildman–Crippen MR) is 73.5 cm³/mol. The molecule has 0 aliphatic carbocycles. The molecule has 94 valence electrons. The summed E-state index contributed by atoms with van der Waals surface area (Å²) in [7, 11) is 0. The molecule has 0 aliphatic heterocycles. The number of ether oxygens (including phenoxy) is 1. The highest BCUT2D eigenvalue weighted by molar-refractivity contribution is 7.80. The number of benzene rings is 1. The van der Waals surface area contributed by atoms with Crippen LogP contribution in [0.15, 0.2) is 24.3 Å². The lowest BCUT2D eigenvalue weighted by molar-refractivity contribution is 0.198. The zero-order valence-corrected chi connectivity index (χ0v) is 10.9. The van der Waals surface area contributed by atoms with Gasteiger partial charge in [-0.2, -0.15) is 0 Å². The molecule has 0 radical (unpaired) electrons. The van der Waals surface area contributed by atoms with Crippen LogP contribution in [0.25, 0.3) is 0 Å². The fourth-order valence-electron chi connectivity index (χ4n) is 1.22. The molecule has 0 heterocycles. The van der Waals surface area contributed by atoms with E-state index in [9.17, 15) is 0 Å². The Kier molecular flexibility index (Phi) is 5.72. The molecular weight excluding hydrogens is 236 g/mol. The van der Waals surface area contributed by atoms with Crippen molar-refractivity contribution >= 4 is 23.0 Å². The number of thiocarbonyl (C=S) groups is 1. The SMILES string of the molecule is CCOc1ccc(NC(=S)NCC(C)O)cc1. The minimum atomic E-state index is -0.421. The monoisotopic (exact) mass is 254 g/mol. The van der Waals surface area contributed by atoms with Crippen LogP contribution < -0.4 is 15.4 Å². The molecule has 1 unspecified atom stereocenters. The lowest BCUT2D eigenvalue weighted by atomic mass is 10.3. The van der Waals surface area contributed by atoms with E-state index in [2.05, 4.69) is 10.6 Å². The minimum Gasteiger partial charge on any atom is -0.494 e. The van der Waals surface area contributed by atoms with Crippen LogP contribution in [0.1, 0.15) is 13.8 Å². The average molecular weight is 254 g/mol. The van der Waals surface area contributed by atoms with Gasteiger partial charge in [0.1, 0.15) is 5.75 Å². The van der Waals surface area contributed by atoms with Crippen LogP contribution >= 0.6 is 12.2 Å². The van der Waals surface area contributed by atoms with Crippen LogP contribution in [0.2, 0.25) is 0 Å². The molecule has 0 bridgehead atoms. The van der Waals surface area contributed by atoms with E-state index in [0.29, 0.717) is 18.3 Å². The summed E-state index contributed by atoms with van der Waals surface area (Å²) in [4.78, 5) is 0. The highest BCUT2D eigenvalue weighted by Gasteiger charge is 2.00. The van der Waals surface area contributed by atoms with Crippen molar-refractivity contribution in [2.24, 2.45) is 0 Å². The fraction of sp³-hybridized carbons (Fsp3) is 0.417. The molecule has 5 heteroatoms. The second-order valence-electron chi connectivity index (χ2n) is 3.64. The van der Waals surface area contributed by atoms with E-state index >= 15 is 0 Å². The van der Waals surface area contributed by atoms with Gasteiger partial charge in [0.2, 0.25) is 0 Å². The van der Waals surface area contributed by atoms with E-state index in [1.807, 2.05) is 31.2 Å². The summed E-state index contributed by atoms with van der Waals surface area (Å²) in [5, 5.41) is 15.5. The summed E-state index contributed by atoms with van der Waals surface area (Å²) in [6, 6.07) is 7.54. The van der Waals surface area contributed by atoms with E-state index in [0.717, 1.165) is 11.4 Å². The molecule has 0 aromatic heterocycles. The molecule has 0 fully saturated rings. The normalized spacial score (nSPS) is 11.7. The Morgan fingerprint density at radius 3 is 2.59 bits per heavy atom. The van der Waals surface area contributed by atoms with Gasteiger partial charge in [-0.05, 0) is 50.3 Å². The number of rotatable bonds is 5. The van der Waals surface area contributed by atoms with Crippen LogP contribution in [0.4, 0.5) is 5.69 Å². The van der Waals surface area contributed by atoms with Gasteiger partial charge in [0.25, 0.3) is 0 Å². The molecule has 4 nitrogen and oxygen atoms in total. The number of aliphatic hydroxyl groups is 1. The highest BCUT2D eigenvalue weighted by atomic mass is 32.1. The molecule has 1 aromatic carbocycles. The van der Waals surface area contributed by atoms with Crippen molar-refractivity contribution in [3.05, 3.63) is 24.3 Å². The third-order valence-corrected chi connectivity index (χ3v) is 2.23. The Labute approximate surface area is 107 Å². The number of hydrogen-bond donors (Lipinski definition) is 3. The molecule has 1 rings (SSSR count). The zero-order valence-electron chi connectivity index (χ0n) is 10.1. The highest BCUT2D eigenvalue weighted by Crippen LogP contribution is 2.15. The van der Waals surface area contributed by atoms with Gasteiger partial charge >= 0.3 is 0 Å². The van der Waals surface area contributed by atoms with Gasteiger partial charge in [-0.25, -0.2) is 0 Å². The molecule has 1 aromatic rings.